The van der Waals surface area contributed by atoms with Crippen molar-refractivity contribution < 1.29 is 9.53 Å². The van der Waals surface area contributed by atoms with Crippen molar-refractivity contribution in [2.45, 2.75) is 26.9 Å². The fraction of sp³-hybridized carbons (Fsp3) is 0.278. The zero-order valence-corrected chi connectivity index (χ0v) is 14.3. The lowest BCUT2D eigenvalue weighted by atomic mass is 10.2. The molecular weight excluding hydrogens is 312 g/mol. The Hall–Kier alpha value is -2.20. The number of hydrogen-bond acceptors (Lipinski definition) is 3. The normalized spacial score (nSPS) is 10.5. The third kappa shape index (κ3) is 5.49. The van der Waals surface area contributed by atoms with Crippen LogP contribution in [0, 0.1) is 6.92 Å². The number of benzene rings is 2. The molecule has 2 rings (SSSR count). The maximum Gasteiger partial charge on any atom is 0.243 e. The van der Waals surface area contributed by atoms with Gasteiger partial charge in [0.05, 0.1) is 12.6 Å². The average Bonchev–Trinajstić information content (AvgIpc) is 2.48. The molecule has 0 saturated heterocycles. The van der Waals surface area contributed by atoms with Crippen molar-refractivity contribution in [3.63, 3.8) is 0 Å². The van der Waals surface area contributed by atoms with Crippen molar-refractivity contribution >= 4 is 28.9 Å². The van der Waals surface area contributed by atoms with E-state index in [0.717, 1.165) is 17.0 Å². The monoisotopic (exact) mass is 332 g/mol. The first-order chi connectivity index (χ1) is 10.9. The van der Waals surface area contributed by atoms with Crippen molar-refractivity contribution in [1.29, 1.82) is 0 Å². The molecule has 0 bridgehead atoms. The Morgan fingerprint density at radius 3 is 2.65 bits per heavy atom. The first-order valence-electron chi connectivity index (χ1n) is 7.50. The Balaban J connectivity index is 1.90. The molecule has 0 unspecified atom stereocenters. The molecule has 0 spiro atoms. The first kappa shape index (κ1) is 17.2. The van der Waals surface area contributed by atoms with Gasteiger partial charge in [0.2, 0.25) is 5.91 Å². The van der Waals surface area contributed by atoms with Gasteiger partial charge in [-0.05, 0) is 50.6 Å². The average molecular weight is 333 g/mol. The molecule has 5 heteroatoms. The van der Waals surface area contributed by atoms with Crippen molar-refractivity contribution in [2.75, 3.05) is 17.2 Å². The van der Waals surface area contributed by atoms with Crippen LogP contribution in [0.2, 0.25) is 5.02 Å². The molecule has 0 heterocycles. The summed E-state index contributed by atoms with van der Waals surface area (Å²) in [7, 11) is 0. The molecule has 0 radical (unpaired) electrons. The molecule has 2 aromatic rings. The summed E-state index contributed by atoms with van der Waals surface area (Å²) in [4.78, 5) is 12.0. The van der Waals surface area contributed by atoms with Gasteiger partial charge in [0.15, 0.2) is 0 Å². The highest BCUT2D eigenvalue weighted by Gasteiger charge is 2.05. The van der Waals surface area contributed by atoms with Gasteiger partial charge in [0.25, 0.3) is 0 Å². The highest BCUT2D eigenvalue weighted by Crippen LogP contribution is 2.20. The number of carbonyl (C=O) groups excluding carboxylic acids is 1. The van der Waals surface area contributed by atoms with E-state index in [1.807, 2.05) is 51.1 Å². The maximum absolute atomic E-state index is 12.0. The fourth-order valence-electron chi connectivity index (χ4n) is 2.01. The maximum atomic E-state index is 12.0. The molecule has 4 nitrogen and oxygen atoms in total. The first-order valence-corrected chi connectivity index (χ1v) is 7.88. The summed E-state index contributed by atoms with van der Waals surface area (Å²) in [5, 5.41) is 6.56. The highest BCUT2D eigenvalue weighted by atomic mass is 35.5. The van der Waals surface area contributed by atoms with E-state index in [-0.39, 0.29) is 18.6 Å². The number of nitrogens with one attached hydrogen (secondary N) is 2. The fourth-order valence-corrected chi connectivity index (χ4v) is 2.19. The van der Waals surface area contributed by atoms with E-state index in [4.69, 9.17) is 16.3 Å². The second-order valence-electron chi connectivity index (χ2n) is 5.56. The predicted molar refractivity (Wildman–Crippen MR) is 95.5 cm³/mol. The summed E-state index contributed by atoms with van der Waals surface area (Å²) in [6.45, 7) is 6.02. The SMILES string of the molecule is Cc1ccc(NCC(=O)Nc2cccc(OC(C)C)c2)cc1Cl. The molecule has 0 atom stereocenters. The second kappa shape index (κ2) is 7.88. The van der Waals surface area contributed by atoms with Crippen LogP contribution in [0.1, 0.15) is 19.4 Å². The zero-order chi connectivity index (χ0) is 16.8. The van der Waals surface area contributed by atoms with Gasteiger partial charge >= 0.3 is 0 Å². The second-order valence-corrected chi connectivity index (χ2v) is 5.97. The lowest BCUT2D eigenvalue weighted by Gasteiger charge is -2.12. The minimum absolute atomic E-state index is 0.0916. The molecule has 1 amide bonds. The van der Waals surface area contributed by atoms with E-state index in [1.165, 1.54) is 0 Å². The molecule has 0 aliphatic heterocycles. The molecule has 0 aliphatic carbocycles. The van der Waals surface area contributed by atoms with Crippen LogP contribution in [0.4, 0.5) is 11.4 Å². The van der Waals surface area contributed by atoms with Crippen LogP contribution in [-0.2, 0) is 4.79 Å². The summed E-state index contributed by atoms with van der Waals surface area (Å²) >= 11 is 6.06. The highest BCUT2D eigenvalue weighted by molar-refractivity contribution is 6.31. The van der Waals surface area contributed by atoms with Gasteiger partial charge in [0.1, 0.15) is 5.75 Å². The van der Waals surface area contributed by atoms with Gasteiger partial charge in [-0.2, -0.15) is 0 Å². The zero-order valence-electron chi connectivity index (χ0n) is 13.5. The third-order valence-electron chi connectivity index (χ3n) is 3.11. The van der Waals surface area contributed by atoms with Crippen LogP contribution in [0.5, 0.6) is 5.75 Å². The molecule has 2 aromatic carbocycles. The van der Waals surface area contributed by atoms with Gasteiger partial charge in [0, 0.05) is 22.5 Å². The number of aryl methyl sites for hydroxylation is 1. The molecule has 2 N–H and O–H groups in total. The van der Waals surface area contributed by atoms with Crippen LogP contribution in [0.3, 0.4) is 0 Å². The number of carbonyl (C=O) groups is 1. The van der Waals surface area contributed by atoms with Crippen LogP contribution >= 0.6 is 11.6 Å². The van der Waals surface area contributed by atoms with Crippen LogP contribution in [-0.4, -0.2) is 18.6 Å². The minimum Gasteiger partial charge on any atom is -0.491 e. The van der Waals surface area contributed by atoms with E-state index in [2.05, 4.69) is 10.6 Å². The van der Waals surface area contributed by atoms with Crippen molar-refractivity contribution in [3.05, 3.63) is 53.1 Å². The number of anilines is 2. The van der Waals surface area contributed by atoms with E-state index in [0.29, 0.717) is 10.7 Å². The van der Waals surface area contributed by atoms with Crippen LogP contribution in [0.15, 0.2) is 42.5 Å². The Morgan fingerprint density at radius 2 is 1.96 bits per heavy atom. The summed E-state index contributed by atoms with van der Waals surface area (Å²) in [6, 6.07) is 13.0. The van der Waals surface area contributed by atoms with Crippen molar-refractivity contribution in [1.82, 2.24) is 0 Å². The summed E-state index contributed by atoms with van der Waals surface area (Å²) in [5.41, 5.74) is 2.52. The van der Waals surface area contributed by atoms with Crippen molar-refractivity contribution in [2.24, 2.45) is 0 Å². The topological polar surface area (TPSA) is 50.4 Å². The summed E-state index contributed by atoms with van der Waals surface area (Å²) in [5.74, 6) is 0.597. The van der Waals surface area contributed by atoms with E-state index in [1.54, 1.807) is 12.1 Å². The molecule has 0 saturated carbocycles. The summed E-state index contributed by atoms with van der Waals surface area (Å²) < 4.78 is 5.61. The van der Waals surface area contributed by atoms with Gasteiger partial charge < -0.3 is 15.4 Å². The largest absolute Gasteiger partial charge is 0.491 e. The van der Waals surface area contributed by atoms with Crippen LogP contribution < -0.4 is 15.4 Å². The quantitative estimate of drug-likeness (QED) is 0.819. The van der Waals surface area contributed by atoms with Gasteiger partial charge in [-0.3, -0.25) is 4.79 Å². The molecule has 0 aromatic heterocycles. The third-order valence-corrected chi connectivity index (χ3v) is 3.52. The molecule has 0 aliphatic rings. The van der Waals surface area contributed by atoms with Crippen LogP contribution in [0.25, 0.3) is 0 Å². The van der Waals surface area contributed by atoms with E-state index in [9.17, 15) is 4.79 Å². The van der Waals surface area contributed by atoms with Crippen molar-refractivity contribution in [3.8, 4) is 5.75 Å². The number of amides is 1. The standard InChI is InChI=1S/C18H21ClN2O2/c1-12(2)23-16-6-4-5-15(9-16)21-18(22)11-20-14-8-7-13(3)17(19)10-14/h4-10,12,20H,11H2,1-3H3,(H,21,22). The smallest absolute Gasteiger partial charge is 0.243 e. The van der Waals surface area contributed by atoms with E-state index >= 15 is 0 Å². The Bertz CT molecular complexity index is 686. The van der Waals surface area contributed by atoms with E-state index < -0.39 is 0 Å². The Morgan fingerprint density at radius 1 is 1.17 bits per heavy atom. The minimum atomic E-state index is -0.136. The Kier molecular flexibility index (Phi) is 5.88. The summed E-state index contributed by atoms with van der Waals surface area (Å²) in [6.07, 6.45) is 0.0916. The predicted octanol–water partition coefficient (Wildman–Crippen LogP) is 4.49. The molecular formula is C18H21ClN2O2. The van der Waals surface area contributed by atoms with Gasteiger partial charge in [-0.1, -0.05) is 23.7 Å². The lowest BCUT2D eigenvalue weighted by molar-refractivity contribution is -0.114. The van der Waals surface area contributed by atoms with Gasteiger partial charge in [-0.25, -0.2) is 0 Å². The van der Waals surface area contributed by atoms with Gasteiger partial charge in [-0.15, -0.1) is 0 Å². The number of halogens is 1. The number of rotatable bonds is 6. The molecule has 122 valence electrons. The lowest BCUT2D eigenvalue weighted by Crippen LogP contribution is -2.21. The Labute approximate surface area is 141 Å². The molecule has 23 heavy (non-hydrogen) atoms. The molecule has 0 fully saturated rings. The number of ether oxygens (including phenoxy) is 1. The number of hydrogen-bond donors (Lipinski definition) is 2.